The number of benzene rings is 2. The van der Waals surface area contributed by atoms with Crippen LogP contribution in [0.3, 0.4) is 0 Å². The van der Waals surface area contributed by atoms with E-state index in [9.17, 15) is 4.79 Å². The minimum absolute atomic E-state index is 0.314. The van der Waals surface area contributed by atoms with Gasteiger partial charge in [0.1, 0.15) is 13.2 Å². The van der Waals surface area contributed by atoms with E-state index < -0.39 is 0 Å². The molecule has 0 bridgehead atoms. The standard InChI is InChI=1S/C27H35N3O3/c1-2-30-23(11-12-26(30)31)22(21-7-4-3-5-8-21)13-14-28-15-17-29(18-16-28)24-9-6-10-25-27(24)33-20-19-32-25/h3-10,22-23H,2,11-20H2,1H3/t22-,23+/m0/s1. The Bertz CT molecular complexity index is 943. The van der Waals surface area contributed by atoms with Crippen LogP contribution in [0, 0.1) is 0 Å². The number of carbonyl (C=O) groups is 1. The van der Waals surface area contributed by atoms with Crippen molar-refractivity contribution in [2.75, 3.05) is 57.4 Å². The van der Waals surface area contributed by atoms with Gasteiger partial charge in [-0.05, 0) is 44.0 Å². The molecule has 0 aromatic heterocycles. The summed E-state index contributed by atoms with van der Waals surface area (Å²) in [5.41, 5.74) is 2.51. The first-order valence-corrected chi connectivity index (χ1v) is 12.4. The van der Waals surface area contributed by atoms with Gasteiger partial charge in [-0.2, -0.15) is 0 Å². The third-order valence-electron chi connectivity index (χ3n) is 7.42. The predicted molar refractivity (Wildman–Crippen MR) is 130 cm³/mol. The molecule has 6 heteroatoms. The van der Waals surface area contributed by atoms with Crippen molar-refractivity contribution >= 4 is 11.6 Å². The fraction of sp³-hybridized carbons (Fsp3) is 0.519. The highest BCUT2D eigenvalue weighted by atomic mass is 16.6. The van der Waals surface area contributed by atoms with E-state index in [1.807, 2.05) is 6.07 Å². The number of carbonyl (C=O) groups excluding carboxylic acids is 1. The number of ether oxygens (including phenoxy) is 2. The molecule has 2 aromatic carbocycles. The Hall–Kier alpha value is -2.73. The maximum atomic E-state index is 12.4. The van der Waals surface area contributed by atoms with Crippen molar-refractivity contribution in [3.63, 3.8) is 0 Å². The summed E-state index contributed by atoms with van der Waals surface area (Å²) < 4.78 is 11.7. The normalized spacial score (nSPS) is 22.0. The zero-order valence-electron chi connectivity index (χ0n) is 19.6. The topological polar surface area (TPSA) is 45.3 Å². The monoisotopic (exact) mass is 449 g/mol. The van der Waals surface area contributed by atoms with Gasteiger partial charge < -0.3 is 19.3 Å². The number of likely N-dealkylation sites (N-methyl/N-ethyl adjacent to an activating group) is 1. The Morgan fingerprint density at radius 2 is 1.76 bits per heavy atom. The summed E-state index contributed by atoms with van der Waals surface area (Å²) in [7, 11) is 0. The van der Waals surface area contributed by atoms with Crippen molar-refractivity contribution < 1.29 is 14.3 Å². The molecule has 2 atom stereocenters. The minimum atomic E-state index is 0.314. The number of hydrogen-bond donors (Lipinski definition) is 0. The average Bonchev–Trinajstić information content (AvgIpc) is 3.25. The van der Waals surface area contributed by atoms with Crippen LogP contribution in [0.2, 0.25) is 0 Å². The number of para-hydroxylation sites is 1. The highest BCUT2D eigenvalue weighted by molar-refractivity contribution is 5.79. The molecule has 176 valence electrons. The van der Waals surface area contributed by atoms with Gasteiger partial charge in [-0.15, -0.1) is 0 Å². The van der Waals surface area contributed by atoms with E-state index in [0.717, 1.165) is 69.3 Å². The molecule has 3 heterocycles. The SMILES string of the molecule is CCN1C(=O)CC[C@@H]1[C@@H](CCN1CCN(c2cccc3c2OCCO3)CC1)c1ccccc1. The van der Waals surface area contributed by atoms with Crippen molar-refractivity contribution in [2.24, 2.45) is 0 Å². The molecule has 6 nitrogen and oxygen atoms in total. The summed E-state index contributed by atoms with van der Waals surface area (Å²) in [6.45, 7) is 9.24. The van der Waals surface area contributed by atoms with Gasteiger partial charge in [0.05, 0.1) is 5.69 Å². The molecular formula is C27H35N3O3. The van der Waals surface area contributed by atoms with Gasteiger partial charge in [-0.25, -0.2) is 0 Å². The lowest BCUT2D eigenvalue weighted by Crippen LogP contribution is -2.47. The lowest BCUT2D eigenvalue weighted by atomic mass is 9.86. The first-order chi connectivity index (χ1) is 16.2. The minimum Gasteiger partial charge on any atom is -0.486 e. The number of piperazine rings is 1. The summed E-state index contributed by atoms with van der Waals surface area (Å²) in [5, 5.41) is 0. The molecule has 1 amide bonds. The molecule has 2 fully saturated rings. The van der Waals surface area contributed by atoms with Gasteiger partial charge in [0.15, 0.2) is 11.5 Å². The van der Waals surface area contributed by atoms with Crippen LogP contribution in [0.5, 0.6) is 11.5 Å². The number of amides is 1. The molecule has 2 saturated heterocycles. The number of anilines is 1. The summed E-state index contributed by atoms with van der Waals surface area (Å²) in [6, 6.07) is 17.3. The zero-order valence-corrected chi connectivity index (χ0v) is 19.6. The highest BCUT2D eigenvalue weighted by Crippen LogP contribution is 2.40. The van der Waals surface area contributed by atoms with Gasteiger partial charge in [-0.1, -0.05) is 36.4 Å². The molecule has 0 radical (unpaired) electrons. The maximum absolute atomic E-state index is 12.4. The van der Waals surface area contributed by atoms with Gasteiger partial charge in [0.2, 0.25) is 5.91 Å². The second-order valence-electron chi connectivity index (χ2n) is 9.22. The Labute approximate surface area is 197 Å². The van der Waals surface area contributed by atoms with Crippen LogP contribution in [0.15, 0.2) is 48.5 Å². The molecule has 0 aliphatic carbocycles. The molecule has 0 spiro atoms. The predicted octanol–water partition coefficient (Wildman–Crippen LogP) is 3.76. The summed E-state index contributed by atoms with van der Waals surface area (Å²) >= 11 is 0. The Kier molecular flexibility index (Phi) is 6.72. The van der Waals surface area contributed by atoms with Gasteiger partial charge in [0.25, 0.3) is 0 Å². The largest absolute Gasteiger partial charge is 0.486 e. The van der Waals surface area contributed by atoms with Gasteiger partial charge in [0, 0.05) is 51.1 Å². The maximum Gasteiger partial charge on any atom is 0.222 e. The molecule has 0 saturated carbocycles. The van der Waals surface area contributed by atoms with E-state index in [4.69, 9.17) is 9.47 Å². The summed E-state index contributed by atoms with van der Waals surface area (Å²) in [6.07, 6.45) is 2.74. The first-order valence-electron chi connectivity index (χ1n) is 12.4. The van der Waals surface area contributed by atoms with E-state index in [1.165, 1.54) is 5.56 Å². The van der Waals surface area contributed by atoms with Crippen LogP contribution in [-0.4, -0.2) is 74.2 Å². The zero-order chi connectivity index (χ0) is 22.6. The molecule has 33 heavy (non-hydrogen) atoms. The molecule has 5 rings (SSSR count). The van der Waals surface area contributed by atoms with Crippen molar-refractivity contribution in [1.82, 2.24) is 9.80 Å². The van der Waals surface area contributed by atoms with E-state index in [0.29, 0.717) is 37.5 Å². The van der Waals surface area contributed by atoms with Crippen LogP contribution in [0.25, 0.3) is 0 Å². The summed E-state index contributed by atoms with van der Waals surface area (Å²) in [4.78, 5) is 19.5. The first kappa shape index (κ1) is 22.1. The van der Waals surface area contributed by atoms with Crippen LogP contribution >= 0.6 is 0 Å². The van der Waals surface area contributed by atoms with Crippen LogP contribution in [0.4, 0.5) is 5.69 Å². The van der Waals surface area contributed by atoms with Gasteiger partial charge in [-0.3, -0.25) is 9.69 Å². The lowest BCUT2D eigenvalue weighted by Gasteiger charge is -2.38. The second kappa shape index (κ2) is 10.0. The Balaban J connectivity index is 1.22. The fourth-order valence-electron chi connectivity index (χ4n) is 5.71. The molecule has 3 aliphatic heterocycles. The smallest absolute Gasteiger partial charge is 0.222 e. The number of likely N-dealkylation sites (tertiary alicyclic amines) is 1. The summed E-state index contributed by atoms with van der Waals surface area (Å²) in [5.74, 6) is 2.46. The number of hydrogen-bond acceptors (Lipinski definition) is 5. The average molecular weight is 450 g/mol. The molecule has 0 N–H and O–H groups in total. The second-order valence-corrected chi connectivity index (χ2v) is 9.22. The van der Waals surface area contributed by atoms with Crippen molar-refractivity contribution in [3.05, 3.63) is 54.1 Å². The number of fused-ring (bicyclic) bond motifs is 1. The molecular weight excluding hydrogens is 414 g/mol. The molecule has 3 aliphatic rings. The molecule has 0 unspecified atom stereocenters. The van der Waals surface area contributed by atoms with Gasteiger partial charge >= 0.3 is 0 Å². The number of rotatable bonds is 7. The van der Waals surface area contributed by atoms with Crippen LogP contribution in [0.1, 0.15) is 37.7 Å². The lowest BCUT2D eigenvalue weighted by molar-refractivity contribution is -0.129. The highest BCUT2D eigenvalue weighted by Gasteiger charge is 2.36. The fourth-order valence-corrected chi connectivity index (χ4v) is 5.71. The number of nitrogens with zero attached hydrogens (tertiary/aromatic N) is 3. The van der Waals surface area contributed by atoms with Crippen molar-refractivity contribution in [1.29, 1.82) is 0 Å². The Morgan fingerprint density at radius 1 is 0.970 bits per heavy atom. The Morgan fingerprint density at radius 3 is 2.55 bits per heavy atom. The quantitative estimate of drug-likeness (QED) is 0.644. The van der Waals surface area contributed by atoms with E-state index in [1.54, 1.807) is 0 Å². The molecule has 2 aromatic rings. The van der Waals surface area contributed by atoms with Crippen LogP contribution < -0.4 is 14.4 Å². The van der Waals surface area contributed by atoms with E-state index in [-0.39, 0.29) is 0 Å². The van der Waals surface area contributed by atoms with E-state index >= 15 is 0 Å². The third kappa shape index (κ3) is 4.67. The van der Waals surface area contributed by atoms with E-state index in [2.05, 4.69) is 64.1 Å². The van der Waals surface area contributed by atoms with Crippen molar-refractivity contribution in [2.45, 2.75) is 38.1 Å². The third-order valence-corrected chi connectivity index (χ3v) is 7.42. The van der Waals surface area contributed by atoms with Crippen LogP contribution in [-0.2, 0) is 4.79 Å². The van der Waals surface area contributed by atoms with Crippen molar-refractivity contribution in [3.8, 4) is 11.5 Å².